The van der Waals surface area contributed by atoms with Gasteiger partial charge in [-0.1, -0.05) is 0 Å². The smallest absolute Gasteiger partial charge is 0.410 e. The van der Waals surface area contributed by atoms with Gasteiger partial charge < -0.3 is 15.4 Å². The molecular weight excluding hydrogens is 384 g/mol. The van der Waals surface area contributed by atoms with Crippen molar-refractivity contribution in [1.82, 2.24) is 9.78 Å². The lowest BCUT2D eigenvalue weighted by atomic mass is 10.1. The molecule has 0 bridgehead atoms. The number of carbonyl (C=O) groups is 2. The van der Waals surface area contributed by atoms with Gasteiger partial charge in [0.15, 0.2) is 18.3 Å². The van der Waals surface area contributed by atoms with Crippen LogP contribution in [0.2, 0.25) is 0 Å². The maximum absolute atomic E-state index is 13.2. The molecule has 2 N–H and O–H groups in total. The first-order valence-corrected chi connectivity index (χ1v) is 8.29. The van der Waals surface area contributed by atoms with Crippen molar-refractivity contribution in [2.75, 3.05) is 17.2 Å². The van der Waals surface area contributed by atoms with Crippen molar-refractivity contribution in [2.45, 2.75) is 31.6 Å². The van der Waals surface area contributed by atoms with Gasteiger partial charge in [0, 0.05) is 17.8 Å². The van der Waals surface area contributed by atoms with Crippen LogP contribution in [0.15, 0.2) is 30.3 Å². The summed E-state index contributed by atoms with van der Waals surface area (Å²) in [6.45, 7) is 0.915. The number of aromatic nitrogens is 2. The van der Waals surface area contributed by atoms with E-state index >= 15 is 0 Å². The molecule has 0 unspecified atom stereocenters. The van der Waals surface area contributed by atoms with Crippen molar-refractivity contribution in [3.8, 4) is 0 Å². The fourth-order valence-corrected chi connectivity index (χ4v) is 2.79. The lowest BCUT2D eigenvalue weighted by molar-refractivity contribution is -0.173. The molecule has 0 radical (unpaired) electrons. The van der Waals surface area contributed by atoms with E-state index in [-0.39, 0.29) is 17.9 Å². The Morgan fingerprint density at radius 1 is 1.32 bits per heavy atom. The van der Waals surface area contributed by atoms with Crippen LogP contribution in [0.5, 0.6) is 0 Å². The van der Waals surface area contributed by atoms with Crippen LogP contribution in [0, 0.1) is 5.82 Å². The number of halogens is 4. The average Bonchev–Trinajstić information content (AvgIpc) is 3.04. The number of esters is 1. The van der Waals surface area contributed by atoms with E-state index in [1.807, 2.05) is 0 Å². The van der Waals surface area contributed by atoms with Crippen molar-refractivity contribution in [1.29, 1.82) is 0 Å². The minimum Gasteiger partial charge on any atom is -0.451 e. The fourth-order valence-electron chi connectivity index (χ4n) is 2.79. The van der Waals surface area contributed by atoms with Crippen LogP contribution in [0.1, 0.15) is 29.9 Å². The average molecular weight is 400 g/mol. The Morgan fingerprint density at radius 3 is 2.64 bits per heavy atom. The Bertz CT molecular complexity index is 880. The van der Waals surface area contributed by atoms with Gasteiger partial charge in [0.1, 0.15) is 11.6 Å². The topological polar surface area (TPSA) is 85.2 Å². The molecule has 150 valence electrons. The standard InChI is InChI=1S/C17H16F4N4O3/c1-9-6-13(17(19,20)21)25-14(22-9)7-12(24-25)16(27)28-8-15(26)23-11-4-2-10(18)3-5-11/h2-5,7,9,13,22H,6,8H2,1H3,(H,23,26)/t9-,13+/m1/s1. The molecule has 28 heavy (non-hydrogen) atoms. The zero-order valence-corrected chi connectivity index (χ0v) is 14.6. The van der Waals surface area contributed by atoms with Crippen molar-refractivity contribution >= 4 is 23.4 Å². The van der Waals surface area contributed by atoms with Crippen molar-refractivity contribution in [3.05, 3.63) is 41.8 Å². The van der Waals surface area contributed by atoms with E-state index < -0.39 is 42.6 Å². The molecule has 1 aliphatic rings. The lowest BCUT2D eigenvalue weighted by Gasteiger charge is -2.31. The predicted octanol–water partition coefficient (Wildman–Crippen LogP) is 3.13. The van der Waals surface area contributed by atoms with Crippen LogP contribution in [-0.4, -0.2) is 40.5 Å². The van der Waals surface area contributed by atoms with E-state index in [9.17, 15) is 27.2 Å². The SMILES string of the molecule is C[C@@H]1C[C@@H](C(F)(F)F)n2nc(C(=O)OCC(=O)Nc3ccc(F)cc3)cc2N1. The highest BCUT2D eigenvalue weighted by atomic mass is 19.4. The third-order valence-electron chi connectivity index (χ3n) is 4.05. The number of alkyl halides is 3. The summed E-state index contributed by atoms with van der Waals surface area (Å²) in [7, 11) is 0. The Balaban J connectivity index is 1.64. The maximum atomic E-state index is 13.2. The molecule has 1 aromatic carbocycles. The summed E-state index contributed by atoms with van der Waals surface area (Å²) in [6.07, 6.45) is -4.75. The van der Waals surface area contributed by atoms with Gasteiger partial charge in [-0.05, 0) is 37.6 Å². The highest BCUT2D eigenvalue weighted by Crippen LogP contribution is 2.39. The van der Waals surface area contributed by atoms with Crippen LogP contribution in [0.4, 0.5) is 29.1 Å². The highest BCUT2D eigenvalue weighted by molar-refractivity contribution is 5.95. The van der Waals surface area contributed by atoms with Crippen molar-refractivity contribution in [3.63, 3.8) is 0 Å². The molecule has 2 heterocycles. The molecule has 0 saturated heterocycles. The summed E-state index contributed by atoms with van der Waals surface area (Å²) < 4.78 is 58.0. The molecule has 0 spiro atoms. The number of benzene rings is 1. The molecule has 2 aromatic rings. The maximum Gasteiger partial charge on any atom is 0.410 e. The molecule has 7 nitrogen and oxygen atoms in total. The summed E-state index contributed by atoms with van der Waals surface area (Å²) in [5, 5.41) is 8.90. The number of hydrogen-bond donors (Lipinski definition) is 2. The second-order valence-electron chi connectivity index (χ2n) is 6.33. The molecule has 0 saturated carbocycles. The Labute approximate surface area is 156 Å². The van der Waals surface area contributed by atoms with E-state index in [0.29, 0.717) is 10.4 Å². The number of anilines is 2. The van der Waals surface area contributed by atoms with Gasteiger partial charge in [0.2, 0.25) is 0 Å². The number of carbonyl (C=O) groups excluding carboxylic acids is 2. The summed E-state index contributed by atoms with van der Waals surface area (Å²) in [4.78, 5) is 23.9. The number of nitrogens with one attached hydrogen (secondary N) is 2. The monoisotopic (exact) mass is 400 g/mol. The predicted molar refractivity (Wildman–Crippen MR) is 90.3 cm³/mol. The number of hydrogen-bond acceptors (Lipinski definition) is 5. The van der Waals surface area contributed by atoms with Crippen molar-refractivity contribution in [2.24, 2.45) is 0 Å². The normalized spacial score (nSPS) is 18.8. The number of nitrogens with zero attached hydrogens (tertiary/aromatic N) is 2. The second kappa shape index (κ2) is 7.49. The minimum absolute atomic E-state index is 0.0452. The largest absolute Gasteiger partial charge is 0.451 e. The first kappa shape index (κ1) is 19.6. The van der Waals surface area contributed by atoms with Gasteiger partial charge in [-0.3, -0.25) is 4.79 Å². The van der Waals surface area contributed by atoms with Gasteiger partial charge in [0.25, 0.3) is 5.91 Å². The zero-order chi connectivity index (χ0) is 20.5. The van der Waals surface area contributed by atoms with E-state index in [0.717, 1.165) is 18.2 Å². The number of rotatable bonds is 4. The second-order valence-corrected chi connectivity index (χ2v) is 6.33. The van der Waals surface area contributed by atoms with Gasteiger partial charge in [-0.2, -0.15) is 18.3 Å². The zero-order valence-electron chi connectivity index (χ0n) is 14.6. The van der Waals surface area contributed by atoms with E-state index in [1.54, 1.807) is 6.92 Å². The van der Waals surface area contributed by atoms with Crippen LogP contribution >= 0.6 is 0 Å². The minimum atomic E-state index is -4.52. The van der Waals surface area contributed by atoms with E-state index in [1.165, 1.54) is 12.1 Å². The molecule has 1 aromatic heterocycles. The number of amides is 1. The Morgan fingerprint density at radius 2 is 2.00 bits per heavy atom. The molecule has 1 aliphatic heterocycles. The number of fused-ring (bicyclic) bond motifs is 1. The molecule has 11 heteroatoms. The Kier molecular flexibility index (Phi) is 5.25. The van der Waals surface area contributed by atoms with Gasteiger partial charge >= 0.3 is 12.1 Å². The number of ether oxygens (including phenoxy) is 1. The molecular formula is C17H16F4N4O3. The molecule has 1 amide bonds. The van der Waals surface area contributed by atoms with Gasteiger partial charge in [0.05, 0.1) is 0 Å². The molecule has 0 aliphatic carbocycles. The van der Waals surface area contributed by atoms with Crippen LogP contribution < -0.4 is 10.6 Å². The fraction of sp³-hybridized carbons (Fsp3) is 0.353. The van der Waals surface area contributed by atoms with Gasteiger partial charge in [-0.25, -0.2) is 13.9 Å². The quantitative estimate of drug-likeness (QED) is 0.609. The summed E-state index contributed by atoms with van der Waals surface area (Å²) in [6, 6.07) is 3.76. The first-order valence-electron chi connectivity index (χ1n) is 8.29. The first-order chi connectivity index (χ1) is 13.1. The summed E-state index contributed by atoms with van der Waals surface area (Å²) in [5.74, 6) is -2.16. The molecule has 2 atom stereocenters. The van der Waals surface area contributed by atoms with Crippen LogP contribution in [0.25, 0.3) is 0 Å². The third-order valence-corrected chi connectivity index (χ3v) is 4.05. The van der Waals surface area contributed by atoms with Crippen molar-refractivity contribution < 1.29 is 31.9 Å². The summed E-state index contributed by atoms with van der Waals surface area (Å²) in [5.41, 5.74) is -0.0495. The highest BCUT2D eigenvalue weighted by Gasteiger charge is 2.45. The van der Waals surface area contributed by atoms with Crippen LogP contribution in [-0.2, 0) is 9.53 Å². The Hall–Kier alpha value is -3.11. The van der Waals surface area contributed by atoms with E-state index in [4.69, 9.17) is 4.74 Å². The lowest BCUT2D eigenvalue weighted by Crippen LogP contribution is -2.37. The molecule has 0 fully saturated rings. The third kappa shape index (κ3) is 4.41. The van der Waals surface area contributed by atoms with Gasteiger partial charge in [-0.15, -0.1) is 0 Å². The molecule has 3 rings (SSSR count). The van der Waals surface area contributed by atoms with E-state index in [2.05, 4.69) is 15.7 Å². The van der Waals surface area contributed by atoms with Crippen LogP contribution in [0.3, 0.4) is 0 Å². The summed E-state index contributed by atoms with van der Waals surface area (Å²) >= 11 is 0.